The number of methoxy groups -OCH3 is 1. The molecule has 0 radical (unpaired) electrons. The van der Waals surface area contributed by atoms with Crippen molar-refractivity contribution in [2.45, 2.75) is 13.0 Å². The Bertz CT molecular complexity index is 782. The molecule has 0 fully saturated rings. The molecule has 0 aliphatic rings. The summed E-state index contributed by atoms with van der Waals surface area (Å²) in [5.74, 6) is -0.726. The van der Waals surface area contributed by atoms with Crippen molar-refractivity contribution in [1.82, 2.24) is 0 Å². The Labute approximate surface area is 154 Å². The third-order valence-electron chi connectivity index (χ3n) is 3.28. The van der Waals surface area contributed by atoms with Gasteiger partial charge in [0.15, 0.2) is 12.7 Å². The smallest absolute Gasteiger partial charge is 0.344 e. The van der Waals surface area contributed by atoms with Gasteiger partial charge in [-0.2, -0.15) is 0 Å². The number of nitrogens with one attached hydrogen (secondary N) is 1. The van der Waals surface area contributed by atoms with Crippen LogP contribution < -0.4 is 14.8 Å². The quantitative estimate of drug-likeness (QED) is 0.744. The number of amides is 1. The van der Waals surface area contributed by atoms with Crippen molar-refractivity contribution in [1.29, 1.82) is 0 Å². The maximum absolute atomic E-state index is 13.0. The van der Waals surface area contributed by atoms with Gasteiger partial charge in [0.05, 0.1) is 17.8 Å². The monoisotopic (exact) mass is 381 g/mol. The van der Waals surface area contributed by atoms with E-state index < -0.39 is 23.8 Å². The van der Waals surface area contributed by atoms with Crippen LogP contribution in [0.1, 0.15) is 6.92 Å². The molecule has 1 amide bonds. The minimum absolute atomic E-state index is 0.0414. The predicted molar refractivity (Wildman–Crippen MR) is 94.1 cm³/mol. The fourth-order valence-corrected chi connectivity index (χ4v) is 2.14. The first-order valence-corrected chi connectivity index (χ1v) is 7.99. The molecule has 0 saturated heterocycles. The normalized spacial score (nSPS) is 11.4. The topological polar surface area (TPSA) is 73.9 Å². The fraction of sp³-hybridized carbons (Fsp3) is 0.222. The van der Waals surface area contributed by atoms with E-state index in [1.807, 2.05) is 0 Å². The van der Waals surface area contributed by atoms with Gasteiger partial charge in [-0.3, -0.25) is 4.79 Å². The van der Waals surface area contributed by atoms with Gasteiger partial charge in [-0.05, 0) is 49.4 Å². The van der Waals surface area contributed by atoms with Crippen LogP contribution in [0.5, 0.6) is 11.5 Å². The lowest BCUT2D eigenvalue weighted by Gasteiger charge is -2.14. The highest BCUT2D eigenvalue weighted by atomic mass is 35.5. The summed E-state index contributed by atoms with van der Waals surface area (Å²) in [6.45, 7) is 1.04. The van der Waals surface area contributed by atoms with E-state index in [-0.39, 0.29) is 17.3 Å². The van der Waals surface area contributed by atoms with Gasteiger partial charge in [-0.25, -0.2) is 9.18 Å². The SMILES string of the molecule is COc1ccc(OCC(=O)O[C@H](C)C(=O)Nc2ccc(F)cc2Cl)cc1. The molecule has 1 atom stereocenters. The van der Waals surface area contributed by atoms with Crippen molar-refractivity contribution in [2.75, 3.05) is 19.0 Å². The second kappa shape index (κ2) is 9.05. The maximum Gasteiger partial charge on any atom is 0.344 e. The zero-order valence-corrected chi connectivity index (χ0v) is 14.9. The van der Waals surface area contributed by atoms with Gasteiger partial charge >= 0.3 is 5.97 Å². The molecule has 8 heteroatoms. The molecular formula is C18H17ClFNO5. The van der Waals surface area contributed by atoms with Gasteiger partial charge in [-0.15, -0.1) is 0 Å². The molecule has 0 unspecified atom stereocenters. The number of ether oxygens (including phenoxy) is 3. The van der Waals surface area contributed by atoms with Crippen LogP contribution in [0.2, 0.25) is 5.02 Å². The highest BCUT2D eigenvalue weighted by Gasteiger charge is 2.19. The average Bonchev–Trinajstić information content (AvgIpc) is 2.62. The Kier molecular flexibility index (Phi) is 6.80. The number of anilines is 1. The molecule has 0 bridgehead atoms. The van der Waals surface area contributed by atoms with Crippen molar-refractivity contribution in [3.05, 3.63) is 53.3 Å². The fourth-order valence-electron chi connectivity index (χ4n) is 1.92. The van der Waals surface area contributed by atoms with Crippen molar-refractivity contribution in [2.24, 2.45) is 0 Å². The molecule has 0 aliphatic heterocycles. The van der Waals surface area contributed by atoms with E-state index in [0.717, 1.165) is 12.1 Å². The lowest BCUT2D eigenvalue weighted by Crippen LogP contribution is -2.31. The molecule has 138 valence electrons. The van der Waals surface area contributed by atoms with Crippen LogP contribution in [-0.2, 0) is 14.3 Å². The predicted octanol–water partition coefficient (Wildman–Crippen LogP) is 3.44. The molecular weight excluding hydrogens is 365 g/mol. The first-order chi connectivity index (χ1) is 12.4. The molecule has 2 aromatic rings. The van der Waals surface area contributed by atoms with E-state index in [4.69, 9.17) is 25.8 Å². The van der Waals surface area contributed by atoms with E-state index in [0.29, 0.717) is 11.5 Å². The van der Waals surface area contributed by atoms with E-state index in [1.54, 1.807) is 31.4 Å². The molecule has 1 N–H and O–H groups in total. The second-order valence-electron chi connectivity index (χ2n) is 5.21. The average molecular weight is 382 g/mol. The minimum atomic E-state index is -1.08. The van der Waals surface area contributed by atoms with Gasteiger partial charge in [0.1, 0.15) is 17.3 Å². The van der Waals surface area contributed by atoms with Crippen LogP contribution in [0.15, 0.2) is 42.5 Å². The van der Waals surface area contributed by atoms with Gasteiger partial charge in [0, 0.05) is 0 Å². The van der Waals surface area contributed by atoms with Crippen LogP contribution >= 0.6 is 11.6 Å². The third-order valence-corrected chi connectivity index (χ3v) is 3.60. The number of carbonyl (C=O) groups is 2. The van der Waals surface area contributed by atoms with Crippen molar-refractivity contribution >= 4 is 29.2 Å². The highest BCUT2D eigenvalue weighted by molar-refractivity contribution is 6.33. The molecule has 0 aromatic heterocycles. The molecule has 0 heterocycles. The van der Waals surface area contributed by atoms with E-state index >= 15 is 0 Å². The zero-order valence-electron chi connectivity index (χ0n) is 14.1. The summed E-state index contributed by atoms with van der Waals surface area (Å²) >= 11 is 5.83. The first kappa shape index (κ1) is 19.5. The van der Waals surface area contributed by atoms with E-state index in [9.17, 15) is 14.0 Å². The standard InChI is InChI=1S/C18H17ClFNO5/c1-11(18(23)21-16-8-3-12(20)9-15(16)19)26-17(22)10-25-14-6-4-13(24-2)5-7-14/h3-9,11H,10H2,1-2H3,(H,21,23)/t11-/m1/s1. The first-order valence-electron chi connectivity index (χ1n) is 7.61. The third kappa shape index (κ3) is 5.63. The summed E-state index contributed by atoms with van der Waals surface area (Å²) in [5.41, 5.74) is 0.218. The maximum atomic E-state index is 13.0. The lowest BCUT2D eigenvalue weighted by molar-refractivity contribution is -0.155. The molecule has 2 aromatic carbocycles. The van der Waals surface area contributed by atoms with Crippen LogP contribution in [0, 0.1) is 5.82 Å². The second-order valence-corrected chi connectivity index (χ2v) is 5.62. The van der Waals surface area contributed by atoms with Crippen LogP contribution in [0.3, 0.4) is 0 Å². The van der Waals surface area contributed by atoms with Gasteiger partial charge in [-0.1, -0.05) is 11.6 Å². The molecule has 2 rings (SSSR count). The largest absolute Gasteiger partial charge is 0.497 e. The molecule has 26 heavy (non-hydrogen) atoms. The lowest BCUT2D eigenvalue weighted by atomic mass is 10.3. The summed E-state index contributed by atoms with van der Waals surface area (Å²) in [4.78, 5) is 23.8. The van der Waals surface area contributed by atoms with E-state index in [1.165, 1.54) is 13.0 Å². The number of benzene rings is 2. The summed E-state index contributed by atoms with van der Waals surface area (Å²) in [7, 11) is 1.54. The highest BCUT2D eigenvalue weighted by Crippen LogP contribution is 2.22. The van der Waals surface area contributed by atoms with Crippen molar-refractivity contribution < 1.29 is 28.2 Å². The van der Waals surface area contributed by atoms with E-state index in [2.05, 4.69) is 5.32 Å². The van der Waals surface area contributed by atoms with Crippen molar-refractivity contribution in [3.8, 4) is 11.5 Å². The van der Waals surface area contributed by atoms with Crippen LogP contribution in [0.4, 0.5) is 10.1 Å². The Morgan fingerprint density at radius 1 is 1.15 bits per heavy atom. The van der Waals surface area contributed by atoms with Gasteiger partial charge < -0.3 is 19.5 Å². The number of rotatable bonds is 7. The summed E-state index contributed by atoms with van der Waals surface area (Å²) in [5, 5.41) is 2.50. The Morgan fingerprint density at radius 3 is 2.42 bits per heavy atom. The summed E-state index contributed by atoms with van der Waals surface area (Å²) in [6.07, 6.45) is -1.08. The summed E-state index contributed by atoms with van der Waals surface area (Å²) in [6, 6.07) is 10.2. The zero-order chi connectivity index (χ0) is 19.1. The molecule has 6 nitrogen and oxygen atoms in total. The molecule has 0 saturated carbocycles. The van der Waals surface area contributed by atoms with Crippen LogP contribution in [-0.4, -0.2) is 31.7 Å². The summed E-state index contributed by atoms with van der Waals surface area (Å²) < 4.78 is 28.3. The van der Waals surface area contributed by atoms with Crippen molar-refractivity contribution in [3.63, 3.8) is 0 Å². The van der Waals surface area contributed by atoms with Gasteiger partial charge in [0.25, 0.3) is 5.91 Å². The van der Waals surface area contributed by atoms with Gasteiger partial charge in [0.2, 0.25) is 0 Å². The number of hydrogen-bond acceptors (Lipinski definition) is 5. The number of hydrogen-bond donors (Lipinski definition) is 1. The minimum Gasteiger partial charge on any atom is -0.497 e. The number of carbonyl (C=O) groups excluding carboxylic acids is 2. The molecule has 0 aliphatic carbocycles. The Morgan fingerprint density at radius 2 is 1.81 bits per heavy atom. The molecule has 0 spiro atoms. The van der Waals surface area contributed by atoms with Crippen LogP contribution in [0.25, 0.3) is 0 Å². The Balaban J connectivity index is 1.82. The number of esters is 1. The Hall–Kier alpha value is -2.80. The number of halogens is 2.